The van der Waals surface area contributed by atoms with Crippen LogP contribution in [0.3, 0.4) is 0 Å². The van der Waals surface area contributed by atoms with Crippen LogP contribution in [0.2, 0.25) is 0 Å². The Morgan fingerprint density at radius 2 is 1.68 bits per heavy atom. The van der Waals surface area contributed by atoms with Crippen molar-refractivity contribution < 1.29 is 29.6 Å². The van der Waals surface area contributed by atoms with Gasteiger partial charge in [0.25, 0.3) is 0 Å². The molecule has 1 aliphatic rings. The van der Waals surface area contributed by atoms with E-state index in [1.54, 1.807) is 0 Å². The lowest BCUT2D eigenvalue weighted by atomic mass is 9.79. The zero-order valence-electron chi connectivity index (χ0n) is 11.0. The van der Waals surface area contributed by atoms with Gasteiger partial charge in [0.05, 0.1) is 30.7 Å². The molecule has 3 N–H and O–H groups in total. The number of esters is 1. The van der Waals surface area contributed by atoms with Gasteiger partial charge in [-0.15, -0.1) is 0 Å². The van der Waals surface area contributed by atoms with Crippen LogP contribution in [-0.2, 0) is 14.3 Å². The van der Waals surface area contributed by atoms with Crippen molar-refractivity contribution >= 4 is 11.8 Å². The molecule has 19 heavy (non-hydrogen) atoms. The standard InChI is InChI=1S/C13H20O6/c1-9(2)10(17)19-8-13(7-16)4-3-12(5-14,6-15)11(13)18/h14-16H,1,3-8H2,2H3. The molecule has 6 heteroatoms. The highest BCUT2D eigenvalue weighted by molar-refractivity contribution is 5.93. The third kappa shape index (κ3) is 2.70. The van der Waals surface area contributed by atoms with E-state index in [1.165, 1.54) is 6.92 Å². The van der Waals surface area contributed by atoms with Gasteiger partial charge in [-0.05, 0) is 19.8 Å². The van der Waals surface area contributed by atoms with Crippen LogP contribution in [0.5, 0.6) is 0 Å². The summed E-state index contributed by atoms with van der Waals surface area (Å²) in [6.07, 6.45) is 0.511. The lowest BCUT2D eigenvalue weighted by Crippen LogP contribution is -2.45. The largest absolute Gasteiger partial charge is 0.461 e. The molecule has 0 amide bonds. The number of aliphatic hydroxyl groups excluding tert-OH is 3. The summed E-state index contributed by atoms with van der Waals surface area (Å²) in [5, 5.41) is 28.1. The molecule has 6 nitrogen and oxygen atoms in total. The van der Waals surface area contributed by atoms with Crippen LogP contribution < -0.4 is 0 Å². The van der Waals surface area contributed by atoms with Crippen LogP contribution in [0.25, 0.3) is 0 Å². The van der Waals surface area contributed by atoms with Crippen LogP contribution in [0, 0.1) is 10.8 Å². The molecule has 0 saturated heterocycles. The fourth-order valence-electron chi connectivity index (χ4n) is 2.28. The first-order chi connectivity index (χ1) is 8.87. The minimum Gasteiger partial charge on any atom is -0.461 e. The van der Waals surface area contributed by atoms with Crippen LogP contribution in [0.15, 0.2) is 12.2 Å². The van der Waals surface area contributed by atoms with Crippen molar-refractivity contribution in [3.05, 3.63) is 12.2 Å². The summed E-state index contributed by atoms with van der Waals surface area (Å²) in [6.45, 7) is 3.18. The van der Waals surface area contributed by atoms with Crippen LogP contribution in [0.4, 0.5) is 0 Å². The molecule has 108 valence electrons. The molecule has 0 radical (unpaired) electrons. The number of rotatable bonds is 6. The quantitative estimate of drug-likeness (QED) is 0.441. The molecule has 1 unspecified atom stereocenters. The normalized spacial score (nSPS) is 25.4. The SMILES string of the molecule is C=C(C)C(=O)OCC1(CO)CCC(CO)(CO)C1=O. The molecule has 0 aromatic heterocycles. The molecule has 0 aromatic carbocycles. The summed E-state index contributed by atoms with van der Waals surface area (Å²) < 4.78 is 4.95. The Hall–Kier alpha value is -1.24. The molecule has 0 aromatic rings. The van der Waals surface area contributed by atoms with Gasteiger partial charge in [0.15, 0.2) is 5.78 Å². The van der Waals surface area contributed by atoms with Crippen LogP contribution >= 0.6 is 0 Å². The van der Waals surface area contributed by atoms with Crippen molar-refractivity contribution in [3.8, 4) is 0 Å². The van der Waals surface area contributed by atoms with Gasteiger partial charge in [0.1, 0.15) is 6.61 Å². The predicted molar refractivity (Wildman–Crippen MR) is 66.1 cm³/mol. The van der Waals surface area contributed by atoms with Crippen molar-refractivity contribution in [1.82, 2.24) is 0 Å². The zero-order valence-corrected chi connectivity index (χ0v) is 11.0. The van der Waals surface area contributed by atoms with Gasteiger partial charge in [0.2, 0.25) is 0 Å². The van der Waals surface area contributed by atoms with E-state index in [0.717, 1.165) is 0 Å². The summed E-state index contributed by atoms with van der Waals surface area (Å²) in [4.78, 5) is 23.7. The summed E-state index contributed by atoms with van der Waals surface area (Å²) >= 11 is 0. The van der Waals surface area contributed by atoms with Crippen molar-refractivity contribution in [2.24, 2.45) is 10.8 Å². The number of aliphatic hydroxyl groups is 3. The molecule has 0 bridgehead atoms. The minimum absolute atomic E-state index is 0.203. The first kappa shape index (κ1) is 15.8. The highest BCUT2D eigenvalue weighted by atomic mass is 16.5. The average Bonchev–Trinajstić information content (AvgIpc) is 2.70. The van der Waals surface area contributed by atoms with Crippen molar-refractivity contribution in [2.45, 2.75) is 19.8 Å². The zero-order chi connectivity index (χ0) is 14.7. The fourth-order valence-corrected chi connectivity index (χ4v) is 2.28. The Kier molecular flexibility index (Phi) is 4.84. The lowest BCUT2D eigenvalue weighted by Gasteiger charge is -2.28. The van der Waals surface area contributed by atoms with E-state index in [0.29, 0.717) is 0 Å². The first-order valence-corrected chi connectivity index (χ1v) is 6.07. The van der Waals surface area contributed by atoms with Crippen LogP contribution in [-0.4, -0.2) is 53.5 Å². The Morgan fingerprint density at radius 1 is 1.21 bits per heavy atom. The Labute approximate surface area is 111 Å². The Bertz CT molecular complexity index is 385. The maximum absolute atomic E-state index is 12.3. The third-order valence-corrected chi connectivity index (χ3v) is 3.78. The molecule has 1 atom stereocenters. The highest BCUT2D eigenvalue weighted by Gasteiger charge is 2.56. The van der Waals surface area contributed by atoms with Gasteiger partial charge >= 0.3 is 5.97 Å². The first-order valence-electron chi connectivity index (χ1n) is 6.07. The number of carbonyl (C=O) groups excluding carboxylic acids is 2. The number of ketones is 1. The van der Waals surface area contributed by atoms with Gasteiger partial charge in [-0.1, -0.05) is 6.58 Å². The van der Waals surface area contributed by atoms with Crippen molar-refractivity contribution in [2.75, 3.05) is 26.4 Å². The van der Waals surface area contributed by atoms with E-state index >= 15 is 0 Å². The molecule has 1 aliphatic carbocycles. The van der Waals surface area contributed by atoms with Gasteiger partial charge in [-0.3, -0.25) is 4.79 Å². The summed E-state index contributed by atoms with van der Waals surface area (Å²) in [5.41, 5.74) is -2.29. The van der Waals surface area contributed by atoms with Gasteiger partial charge in [-0.25, -0.2) is 4.79 Å². The molecule has 0 aliphatic heterocycles. The second kappa shape index (κ2) is 5.81. The smallest absolute Gasteiger partial charge is 0.333 e. The maximum atomic E-state index is 12.3. The van der Waals surface area contributed by atoms with Crippen molar-refractivity contribution in [1.29, 1.82) is 0 Å². The number of hydrogen-bond acceptors (Lipinski definition) is 6. The second-order valence-corrected chi connectivity index (χ2v) is 5.22. The molecule has 0 heterocycles. The Balaban J connectivity index is 2.86. The predicted octanol–water partition coefficient (Wildman–Crippen LogP) is -0.582. The topological polar surface area (TPSA) is 104 Å². The summed E-state index contributed by atoms with van der Waals surface area (Å²) in [6, 6.07) is 0. The van der Waals surface area contributed by atoms with E-state index in [4.69, 9.17) is 4.74 Å². The number of Topliss-reactive ketones (excluding diaryl/α,β-unsaturated/α-hetero) is 1. The number of hydrogen-bond donors (Lipinski definition) is 3. The number of carbonyl (C=O) groups is 2. The third-order valence-electron chi connectivity index (χ3n) is 3.78. The van der Waals surface area contributed by atoms with Gasteiger partial charge in [0, 0.05) is 5.57 Å². The van der Waals surface area contributed by atoms with E-state index in [1.807, 2.05) is 0 Å². The highest BCUT2D eigenvalue weighted by Crippen LogP contribution is 2.45. The van der Waals surface area contributed by atoms with Gasteiger partial charge < -0.3 is 20.1 Å². The molecule has 1 rings (SSSR count). The van der Waals surface area contributed by atoms with Crippen molar-refractivity contribution in [3.63, 3.8) is 0 Å². The van der Waals surface area contributed by atoms with E-state index in [2.05, 4.69) is 6.58 Å². The fraction of sp³-hybridized carbons (Fsp3) is 0.692. The molecular formula is C13H20O6. The monoisotopic (exact) mass is 272 g/mol. The molecule has 1 saturated carbocycles. The second-order valence-electron chi connectivity index (χ2n) is 5.22. The summed E-state index contributed by atoms with van der Waals surface area (Å²) in [7, 11) is 0. The average molecular weight is 272 g/mol. The Morgan fingerprint density at radius 3 is 2.05 bits per heavy atom. The maximum Gasteiger partial charge on any atom is 0.333 e. The van der Waals surface area contributed by atoms with Gasteiger partial charge in [-0.2, -0.15) is 0 Å². The minimum atomic E-state index is -1.25. The number of ether oxygens (including phenoxy) is 1. The van der Waals surface area contributed by atoms with Crippen LogP contribution in [0.1, 0.15) is 19.8 Å². The molecule has 0 spiro atoms. The van der Waals surface area contributed by atoms with E-state index in [-0.39, 0.29) is 25.0 Å². The lowest BCUT2D eigenvalue weighted by molar-refractivity contribution is -0.150. The van der Waals surface area contributed by atoms with E-state index < -0.39 is 42.4 Å². The molecular weight excluding hydrogens is 252 g/mol. The molecule has 1 fully saturated rings. The van der Waals surface area contributed by atoms with E-state index in [9.17, 15) is 24.9 Å². The summed E-state index contributed by atoms with van der Waals surface area (Å²) in [5.74, 6) is -1.09.